The standard InChI is InChI=1S/C15H16N2O3S/c1-10-3-4-11(2)14(9-10)15(18)17-21(19,20)13-7-5-12(16)6-8-13/h3-9H,16H2,1-2H3,(H,17,18). The van der Waals surface area contributed by atoms with E-state index in [-0.39, 0.29) is 4.90 Å². The van der Waals surface area contributed by atoms with E-state index < -0.39 is 15.9 Å². The van der Waals surface area contributed by atoms with Crippen molar-refractivity contribution in [1.29, 1.82) is 0 Å². The molecule has 2 rings (SSSR count). The van der Waals surface area contributed by atoms with Crippen LogP contribution in [0.3, 0.4) is 0 Å². The summed E-state index contributed by atoms with van der Waals surface area (Å²) in [6, 6.07) is 10.9. The second-order valence-corrected chi connectivity index (χ2v) is 6.50. The molecule has 0 aliphatic carbocycles. The lowest BCUT2D eigenvalue weighted by atomic mass is 10.1. The van der Waals surface area contributed by atoms with Crippen LogP contribution >= 0.6 is 0 Å². The fourth-order valence-corrected chi connectivity index (χ4v) is 2.83. The lowest BCUT2D eigenvalue weighted by Crippen LogP contribution is -2.31. The van der Waals surface area contributed by atoms with Gasteiger partial charge in [0.1, 0.15) is 0 Å². The molecule has 21 heavy (non-hydrogen) atoms. The van der Waals surface area contributed by atoms with Crippen LogP contribution < -0.4 is 10.5 Å². The topological polar surface area (TPSA) is 89.3 Å². The van der Waals surface area contributed by atoms with Crippen molar-refractivity contribution in [2.24, 2.45) is 0 Å². The van der Waals surface area contributed by atoms with Crippen LogP contribution in [0.5, 0.6) is 0 Å². The van der Waals surface area contributed by atoms with Crippen molar-refractivity contribution in [2.45, 2.75) is 18.7 Å². The highest BCUT2D eigenvalue weighted by molar-refractivity contribution is 7.90. The molecule has 0 spiro atoms. The van der Waals surface area contributed by atoms with Gasteiger partial charge in [-0.1, -0.05) is 17.7 Å². The van der Waals surface area contributed by atoms with Gasteiger partial charge in [0.15, 0.2) is 0 Å². The summed E-state index contributed by atoms with van der Waals surface area (Å²) in [5.74, 6) is -0.645. The number of hydrogen-bond donors (Lipinski definition) is 2. The maximum atomic E-state index is 12.2. The highest BCUT2D eigenvalue weighted by Gasteiger charge is 2.19. The molecular formula is C15H16N2O3S. The van der Waals surface area contributed by atoms with E-state index in [0.29, 0.717) is 16.8 Å². The number of aryl methyl sites for hydroxylation is 2. The van der Waals surface area contributed by atoms with Gasteiger partial charge in [0, 0.05) is 11.3 Å². The normalized spacial score (nSPS) is 11.1. The van der Waals surface area contributed by atoms with Crippen molar-refractivity contribution in [3.8, 4) is 0 Å². The summed E-state index contributed by atoms with van der Waals surface area (Å²) in [7, 11) is -3.91. The summed E-state index contributed by atoms with van der Waals surface area (Å²) in [6.07, 6.45) is 0. The van der Waals surface area contributed by atoms with Crippen LogP contribution in [0.4, 0.5) is 5.69 Å². The van der Waals surface area contributed by atoms with Crippen molar-refractivity contribution in [3.63, 3.8) is 0 Å². The minimum absolute atomic E-state index is 0.00430. The number of nitrogens with one attached hydrogen (secondary N) is 1. The van der Waals surface area contributed by atoms with Gasteiger partial charge in [0.25, 0.3) is 15.9 Å². The van der Waals surface area contributed by atoms with E-state index in [0.717, 1.165) is 5.56 Å². The van der Waals surface area contributed by atoms with E-state index in [1.54, 1.807) is 19.1 Å². The van der Waals surface area contributed by atoms with E-state index in [4.69, 9.17) is 5.73 Å². The Kier molecular flexibility index (Phi) is 3.99. The SMILES string of the molecule is Cc1ccc(C)c(C(=O)NS(=O)(=O)c2ccc(N)cc2)c1. The molecule has 0 aromatic heterocycles. The van der Waals surface area contributed by atoms with Gasteiger partial charge < -0.3 is 5.73 Å². The molecular weight excluding hydrogens is 288 g/mol. The minimum Gasteiger partial charge on any atom is -0.399 e. The molecule has 1 amide bonds. The maximum absolute atomic E-state index is 12.2. The number of nitrogen functional groups attached to an aromatic ring is 1. The van der Waals surface area contributed by atoms with Gasteiger partial charge in [-0.25, -0.2) is 13.1 Å². The Morgan fingerprint density at radius 3 is 2.29 bits per heavy atom. The lowest BCUT2D eigenvalue weighted by Gasteiger charge is -2.09. The van der Waals surface area contributed by atoms with Crippen LogP contribution in [0, 0.1) is 13.8 Å². The smallest absolute Gasteiger partial charge is 0.265 e. The highest BCUT2D eigenvalue weighted by Crippen LogP contribution is 2.14. The number of nitrogens with two attached hydrogens (primary N) is 1. The second-order valence-electron chi connectivity index (χ2n) is 4.82. The molecule has 110 valence electrons. The summed E-state index contributed by atoms with van der Waals surface area (Å²) in [5.41, 5.74) is 7.91. The van der Waals surface area contributed by atoms with E-state index in [9.17, 15) is 13.2 Å². The predicted molar refractivity (Wildman–Crippen MR) is 81.4 cm³/mol. The van der Waals surface area contributed by atoms with Gasteiger partial charge >= 0.3 is 0 Å². The second kappa shape index (κ2) is 5.57. The van der Waals surface area contributed by atoms with E-state index in [1.807, 2.05) is 13.0 Å². The van der Waals surface area contributed by atoms with Crippen molar-refractivity contribution >= 4 is 21.6 Å². The number of benzene rings is 2. The van der Waals surface area contributed by atoms with Crippen molar-refractivity contribution in [3.05, 3.63) is 59.2 Å². The Labute approximate surface area is 123 Å². The monoisotopic (exact) mass is 304 g/mol. The predicted octanol–water partition coefficient (Wildman–Crippen LogP) is 2.00. The van der Waals surface area contributed by atoms with Gasteiger partial charge in [-0.2, -0.15) is 0 Å². The quantitative estimate of drug-likeness (QED) is 0.849. The Morgan fingerprint density at radius 2 is 1.67 bits per heavy atom. The average molecular weight is 304 g/mol. The molecule has 2 aromatic carbocycles. The van der Waals surface area contributed by atoms with Crippen LogP contribution in [0.2, 0.25) is 0 Å². The molecule has 0 heterocycles. The first-order valence-electron chi connectivity index (χ1n) is 6.29. The summed E-state index contributed by atoms with van der Waals surface area (Å²) in [5, 5.41) is 0. The molecule has 0 aliphatic heterocycles. The Bertz CT molecular complexity index is 781. The number of anilines is 1. The minimum atomic E-state index is -3.91. The van der Waals surface area contributed by atoms with Crippen molar-refractivity contribution in [1.82, 2.24) is 4.72 Å². The number of carbonyl (C=O) groups excluding carboxylic acids is 1. The molecule has 0 atom stereocenters. The van der Waals surface area contributed by atoms with Gasteiger partial charge in [-0.15, -0.1) is 0 Å². The fourth-order valence-electron chi connectivity index (χ4n) is 1.86. The van der Waals surface area contributed by atoms with Crippen molar-refractivity contribution < 1.29 is 13.2 Å². The average Bonchev–Trinajstić information content (AvgIpc) is 2.41. The van der Waals surface area contributed by atoms with Crippen LogP contribution in [-0.4, -0.2) is 14.3 Å². The third kappa shape index (κ3) is 3.41. The molecule has 0 aliphatic rings. The van der Waals surface area contributed by atoms with Gasteiger partial charge in [0.05, 0.1) is 4.90 Å². The van der Waals surface area contributed by atoms with E-state index in [1.165, 1.54) is 24.3 Å². The number of hydrogen-bond acceptors (Lipinski definition) is 4. The number of amides is 1. The molecule has 0 radical (unpaired) electrons. The highest BCUT2D eigenvalue weighted by atomic mass is 32.2. The summed E-state index contributed by atoms with van der Waals surface area (Å²) in [6.45, 7) is 3.59. The molecule has 0 fully saturated rings. The molecule has 0 saturated carbocycles. The van der Waals surface area contributed by atoms with Crippen molar-refractivity contribution in [2.75, 3.05) is 5.73 Å². The number of sulfonamides is 1. The summed E-state index contributed by atoms with van der Waals surface area (Å²) >= 11 is 0. The van der Waals surface area contributed by atoms with Gasteiger partial charge in [0.2, 0.25) is 0 Å². The summed E-state index contributed by atoms with van der Waals surface area (Å²) in [4.78, 5) is 12.2. The van der Waals surface area contributed by atoms with E-state index in [2.05, 4.69) is 4.72 Å². The first-order valence-corrected chi connectivity index (χ1v) is 7.78. The maximum Gasteiger partial charge on any atom is 0.265 e. The lowest BCUT2D eigenvalue weighted by molar-refractivity contribution is 0.0980. The zero-order valence-electron chi connectivity index (χ0n) is 11.8. The molecule has 0 bridgehead atoms. The molecule has 0 unspecified atom stereocenters. The number of carbonyl (C=O) groups is 1. The van der Waals surface area contributed by atoms with Gasteiger partial charge in [-0.05, 0) is 49.7 Å². The molecule has 5 nitrogen and oxygen atoms in total. The summed E-state index contributed by atoms with van der Waals surface area (Å²) < 4.78 is 26.4. The Balaban J connectivity index is 2.30. The zero-order chi connectivity index (χ0) is 15.6. The first-order chi connectivity index (χ1) is 9.79. The largest absolute Gasteiger partial charge is 0.399 e. The Morgan fingerprint density at radius 1 is 1.05 bits per heavy atom. The zero-order valence-corrected chi connectivity index (χ0v) is 12.6. The molecule has 6 heteroatoms. The Hall–Kier alpha value is -2.34. The third-order valence-electron chi connectivity index (χ3n) is 3.06. The molecule has 2 aromatic rings. The fraction of sp³-hybridized carbons (Fsp3) is 0.133. The van der Waals surface area contributed by atoms with Gasteiger partial charge in [-0.3, -0.25) is 4.79 Å². The number of rotatable bonds is 3. The van der Waals surface area contributed by atoms with Crippen LogP contribution in [0.1, 0.15) is 21.5 Å². The third-order valence-corrected chi connectivity index (χ3v) is 4.40. The molecule has 3 N–H and O–H groups in total. The van der Waals surface area contributed by atoms with Crippen LogP contribution in [-0.2, 0) is 10.0 Å². The van der Waals surface area contributed by atoms with Crippen LogP contribution in [0.15, 0.2) is 47.4 Å². The first kappa shape index (κ1) is 15.1. The van der Waals surface area contributed by atoms with Crippen LogP contribution in [0.25, 0.3) is 0 Å². The molecule has 0 saturated heterocycles. The van der Waals surface area contributed by atoms with E-state index >= 15 is 0 Å².